The molecule has 1 aromatic carbocycles. The van der Waals surface area contributed by atoms with Crippen molar-refractivity contribution in [2.75, 3.05) is 26.2 Å². The molecule has 164 valence electrons. The Labute approximate surface area is 184 Å². The number of thiophene rings is 1. The van der Waals surface area contributed by atoms with E-state index >= 15 is 0 Å². The van der Waals surface area contributed by atoms with Gasteiger partial charge in [-0.25, -0.2) is 8.42 Å². The summed E-state index contributed by atoms with van der Waals surface area (Å²) in [6.45, 7) is 2.42. The lowest BCUT2D eigenvalue weighted by Gasteiger charge is -2.35. The van der Waals surface area contributed by atoms with Gasteiger partial charge in [0.15, 0.2) is 0 Å². The lowest BCUT2D eigenvalue weighted by molar-refractivity contribution is -0.137. The second-order valence-corrected chi connectivity index (χ2v) is 10.6. The van der Waals surface area contributed by atoms with Crippen LogP contribution in [0, 0.1) is 0 Å². The first-order valence-corrected chi connectivity index (χ1v) is 12.3. The molecule has 10 heteroatoms. The molecule has 4 rings (SSSR count). The molecule has 3 aromatic rings. The molecule has 1 fully saturated rings. The summed E-state index contributed by atoms with van der Waals surface area (Å²) in [5.74, 6) is -0.481. The Morgan fingerprint density at radius 2 is 1.87 bits per heavy atom. The predicted molar refractivity (Wildman–Crippen MR) is 119 cm³/mol. The summed E-state index contributed by atoms with van der Waals surface area (Å²) >= 11 is 1.18. The zero-order valence-electron chi connectivity index (χ0n) is 17.1. The largest absolute Gasteiger partial charge is 0.361 e. The molecule has 8 nitrogen and oxygen atoms in total. The van der Waals surface area contributed by atoms with Gasteiger partial charge >= 0.3 is 0 Å². The second kappa shape index (κ2) is 8.81. The van der Waals surface area contributed by atoms with Crippen molar-refractivity contribution in [2.24, 2.45) is 0 Å². The standard InChI is InChI=1S/C21H24N4O4S2/c1-15(26)23-19(13-16-14-22-18-6-3-2-5-17(16)18)21(27)24-8-10-25(11-9-24)31(28,29)20-7-4-12-30-20/h2-7,12,14,19,22H,8-11,13H2,1H3,(H,23,26). The number of para-hydroxylation sites is 1. The van der Waals surface area contributed by atoms with Crippen molar-refractivity contribution in [3.05, 3.63) is 53.5 Å². The summed E-state index contributed by atoms with van der Waals surface area (Å²) < 4.78 is 27.1. The van der Waals surface area contributed by atoms with Gasteiger partial charge in [0.25, 0.3) is 10.0 Å². The van der Waals surface area contributed by atoms with Crippen LogP contribution < -0.4 is 5.32 Å². The van der Waals surface area contributed by atoms with Crippen molar-refractivity contribution in [3.63, 3.8) is 0 Å². The highest BCUT2D eigenvalue weighted by Crippen LogP contribution is 2.23. The van der Waals surface area contributed by atoms with Crippen LogP contribution in [0.1, 0.15) is 12.5 Å². The highest BCUT2D eigenvalue weighted by molar-refractivity contribution is 7.91. The Kier molecular flexibility index (Phi) is 6.12. The van der Waals surface area contributed by atoms with Gasteiger partial charge in [0.2, 0.25) is 11.8 Å². The zero-order valence-corrected chi connectivity index (χ0v) is 18.7. The smallest absolute Gasteiger partial charge is 0.252 e. The van der Waals surface area contributed by atoms with Gasteiger partial charge in [-0.2, -0.15) is 4.31 Å². The maximum Gasteiger partial charge on any atom is 0.252 e. The number of aromatic nitrogens is 1. The summed E-state index contributed by atoms with van der Waals surface area (Å²) in [6.07, 6.45) is 2.22. The van der Waals surface area contributed by atoms with Crippen molar-refractivity contribution in [1.29, 1.82) is 0 Å². The van der Waals surface area contributed by atoms with E-state index in [-0.39, 0.29) is 38.0 Å². The molecule has 2 N–H and O–H groups in total. The molecule has 1 unspecified atom stereocenters. The summed E-state index contributed by atoms with van der Waals surface area (Å²) in [5, 5.41) is 5.51. The first kappa shape index (κ1) is 21.5. The van der Waals surface area contributed by atoms with Crippen LogP contribution in [-0.4, -0.2) is 66.6 Å². The number of hydrogen-bond donors (Lipinski definition) is 2. The molecule has 1 atom stereocenters. The SMILES string of the molecule is CC(=O)NC(Cc1c[nH]c2ccccc12)C(=O)N1CCN(S(=O)(=O)c2cccs2)CC1. The van der Waals surface area contributed by atoms with E-state index in [1.165, 1.54) is 22.6 Å². The Hall–Kier alpha value is -2.69. The molecule has 0 saturated carbocycles. The van der Waals surface area contributed by atoms with Crippen molar-refractivity contribution < 1.29 is 18.0 Å². The normalized spacial score (nSPS) is 16.4. The minimum absolute atomic E-state index is 0.200. The van der Waals surface area contributed by atoms with Crippen LogP contribution in [-0.2, 0) is 26.0 Å². The lowest BCUT2D eigenvalue weighted by Crippen LogP contribution is -2.56. The number of aromatic amines is 1. The van der Waals surface area contributed by atoms with Crippen LogP contribution in [0.5, 0.6) is 0 Å². The number of nitrogens with one attached hydrogen (secondary N) is 2. The molecule has 31 heavy (non-hydrogen) atoms. The molecular formula is C21H24N4O4S2. The number of carbonyl (C=O) groups is 2. The van der Waals surface area contributed by atoms with Gasteiger partial charge in [0.1, 0.15) is 10.3 Å². The summed E-state index contributed by atoms with van der Waals surface area (Å²) in [6, 6.07) is 10.4. The van der Waals surface area contributed by atoms with Crippen LogP contribution in [0.4, 0.5) is 0 Å². The Morgan fingerprint density at radius 3 is 2.55 bits per heavy atom. The number of amides is 2. The van der Waals surface area contributed by atoms with Crippen molar-refractivity contribution in [1.82, 2.24) is 19.5 Å². The van der Waals surface area contributed by atoms with E-state index in [1.54, 1.807) is 22.4 Å². The van der Waals surface area contributed by atoms with E-state index in [4.69, 9.17) is 0 Å². The van der Waals surface area contributed by atoms with Gasteiger partial charge in [-0.3, -0.25) is 9.59 Å². The topological polar surface area (TPSA) is 103 Å². The lowest BCUT2D eigenvalue weighted by atomic mass is 10.0. The number of benzene rings is 1. The minimum Gasteiger partial charge on any atom is -0.361 e. The Bertz CT molecular complexity index is 1180. The first-order valence-electron chi connectivity index (χ1n) is 10.0. The second-order valence-electron chi connectivity index (χ2n) is 7.48. The fourth-order valence-electron chi connectivity index (χ4n) is 3.87. The Balaban J connectivity index is 1.46. The molecule has 1 saturated heterocycles. The van der Waals surface area contributed by atoms with Gasteiger partial charge in [0, 0.05) is 56.6 Å². The summed E-state index contributed by atoms with van der Waals surface area (Å²) in [7, 11) is -3.53. The average Bonchev–Trinajstić information content (AvgIpc) is 3.44. The van der Waals surface area contributed by atoms with Crippen LogP contribution in [0.15, 0.2) is 52.2 Å². The van der Waals surface area contributed by atoms with Crippen LogP contribution in [0.25, 0.3) is 10.9 Å². The Morgan fingerprint density at radius 1 is 1.13 bits per heavy atom. The van der Waals surface area contributed by atoms with Crippen LogP contribution in [0.3, 0.4) is 0 Å². The van der Waals surface area contributed by atoms with E-state index in [2.05, 4.69) is 10.3 Å². The highest BCUT2D eigenvalue weighted by atomic mass is 32.2. The van der Waals surface area contributed by atoms with Gasteiger partial charge in [-0.05, 0) is 23.1 Å². The molecule has 0 spiro atoms. The van der Waals surface area contributed by atoms with Crippen molar-refractivity contribution in [2.45, 2.75) is 23.6 Å². The molecule has 1 aliphatic rings. The van der Waals surface area contributed by atoms with Crippen molar-refractivity contribution in [3.8, 4) is 0 Å². The fraction of sp³-hybridized carbons (Fsp3) is 0.333. The summed E-state index contributed by atoms with van der Waals surface area (Å²) in [5.41, 5.74) is 1.92. The molecule has 0 radical (unpaired) electrons. The summed E-state index contributed by atoms with van der Waals surface area (Å²) in [4.78, 5) is 29.8. The molecule has 1 aliphatic heterocycles. The number of H-pyrrole nitrogens is 1. The number of fused-ring (bicyclic) bond motifs is 1. The maximum absolute atomic E-state index is 13.2. The molecule has 0 aliphatic carbocycles. The van der Waals surface area contributed by atoms with Crippen LogP contribution >= 0.6 is 11.3 Å². The fourth-order valence-corrected chi connectivity index (χ4v) is 6.44. The minimum atomic E-state index is -3.53. The number of hydrogen-bond acceptors (Lipinski definition) is 5. The third kappa shape index (κ3) is 4.51. The van der Waals surface area contributed by atoms with E-state index in [0.717, 1.165) is 16.5 Å². The van der Waals surface area contributed by atoms with E-state index in [0.29, 0.717) is 10.6 Å². The van der Waals surface area contributed by atoms with Gasteiger partial charge in [-0.15, -0.1) is 11.3 Å². The van der Waals surface area contributed by atoms with Crippen LogP contribution in [0.2, 0.25) is 0 Å². The van der Waals surface area contributed by atoms with E-state index in [1.807, 2.05) is 30.5 Å². The first-order chi connectivity index (χ1) is 14.9. The quantitative estimate of drug-likeness (QED) is 0.586. The molecular weight excluding hydrogens is 436 g/mol. The number of sulfonamides is 1. The number of piperazine rings is 1. The predicted octanol–water partition coefficient (Wildman–Crippen LogP) is 1.81. The van der Waals surface area contributed by atoms with Gasteiger partial charge < -0.3 is 15.2 Å². The molecule has 2 aromatic heterocycles. The third-order valence-corrected chi connectivity index (χ3v) is 8.69. The third-order valence-electron chi connectivity index (χ3n) is 5.41. The van der Waals surface area contributed by atoms with Crippen molar-refractivity contribution >= 4 is 44.1 Å². The highest BCUT2D eigenvalue weighted by Gasteiger charge is 2.33. The zero-order chi connectivity index (χ0) is 22.0. The van der Waals surface area contributed by atoms with Gasteiger partial charge in [0.05, 0.1) is 0 Å². The monoisotopic (exact) mass is 460 g/mol. The maximum atomic E-state index is 13.2. The van der Waals surface area contributed by atoms with E-state index in [9.17, 15) is 18.0 Å². The molecule has 3 heterocycles. The number of nitrogens with zero attached hydrogens (tertiary/aromatic N) is 2. The molecule has 0 bridgehead atoms. The molecule has 2 amide bonds. The number of carbonyl (C=O) groups excluding carboxylic acids is 2. The van der Waals surface area contributed by atoms with E-state index < -0.39 is 16.1 Å². The average molecular weight is 461 g/mol. The number of rotatable bonds is 6. The van der Waals surface area contributed by atoms with Gasteiger partial charge in [-0.1, -0.05) is 24.3 Å².